The van der Waals surface area contributed by atoms with E-state index < -0.39 is 5.54 Å². The van der Waals surface area contributed by atoms with E-state index in [2.05, 4.69) is 33.8 Å². The largest absolute Gasteiger partial charge is 0.490 e. The first kappa shape index (κ1) is 22.3. The molecule has 0 saturated carbocycles. The van der Waals surface area contributed by atoms with Gasteiger partial charge in [0.2, 0.25) is 0 Å². The lowest BCUT2D eigenvalue weighted by atomic mass is 9.85. The molecule has 3 nitrogen and oxygen atoms in total. The fourth-order valence-corrected chi connectivity index (χ4v) is 3.47. The number of hydrogen-bond donors (Lipinski definition) is 1. The highest BCUT2D eigenvalue weighted by molar-refractivity contribution is 5.59. The SMILES string of the molecule is CCOc1c(C(C)(C)N)cc(CC(C)C)c(CC(C)C)c1Oc1ccccc1. The molecule has 3 heteroatoms. The summed E-state index contributed by atoms with van der Waals surface area (Å²) in [5.74, 6) is 3.48. The van der Waals surface area contributed by atoms with Crippen LogP contribution in [0.15, 0.2) is 36.4 Å². The van der Waals surface area contributed by atoms with Crippen LogP contribution in [0.3, 0.4) is 0 Å². The Balaban J connectivity index is 2.78. The van der Waals surface area contributed by atoms with Crippen molar-refractivity contribution < 1.29 is 9.47 Å². The molecule has 0 aliphatic rings. The van der Waals surface area contributed by atoms with Crippen molar-refractivity contribution in [1.29, 1.82) is 0 Å². The van der Waals surface area contributed by atoms with Gasteiger partial charge in [-0.25, -0.2) is 0 Å². The van der Waals surface area contributed by atoms with Crippen LogP contribution in [0.25, 0.3) is 0 Å². The maximum absolute atomic E-state index is 6.57. The molecule has 0 saturated heterocycles. The van der Waals surface area contributed by atoms with Gasteiger partial charge in [0.1, 0.15) is 5.75 Å². The van der Waals surface area contributed by atoms with Gasteiger partial charge in [0.15, 0.2) is 11.5 Å². The van der Waals surface area contributed by atoms with E-state index in [0.29, 0.717) is 18.4 Å². The Morgan fingerprint density at radius 1 is 0.929 bits per heavy atom. The molecule has 0 atom stereocenters. The van der Waals surface area contributed by atoms with Crippen molar-refractivity contribution in [2.75, 3.05) is 6.61 Å². The Bertz CT molecular complexity index is 758. The van der Waals surface area contributed by atoms with E-state index in [1.165, 1.54) is 11.1 Å². The first-order chi connectivity index (χ1) is 13.1. The van der Waals surface area contributed by atoms with Crippen molar-refractivity contribution in [3.63, 3.8) is 0 Å². The van der Waals surface area contributed by atoms with Crippen LogP contribution in [0.2, 0.25) is 0 Å². The third-order valence-corrected chi connectivity index (χ3v) is 4.62. The highest BCUT2D eigenvalue weighted by Crippen LogP contribution is 2.45. The van der Waals surface area contributed by atoms with E-state index in [1.807, 2.05) is 51.1 Å². The van der Waals surface area contributed by atoms with Crippen molar-refractivity contribution in [2.24, 2.45) is 17.6 Å². The summed E-state index contributed by atoms with van der Waals surface area (Å²) in [5, 5.41) is 0. The van der Waals surface area contributed by atoms with Gasteiger partial charge < -0.3 is 15.2 Å². The summed E-state index contributed by atoms with van der Waals surface area (Å²) in [4.78, 5) is 0. The fraction of sp³-hybridized carbons (Fsp3) is 0.520. The molecule has 2 aromatic carbocycles. The van der Waals surface area contributed by atoms with Crippen LogP contribution in [0.1, 0.15) is 65.2 Å². The minimum Gasteiger partial charge on any atom is -0.490 e. The van der Waals surface area contributed by atoms with E-state index in [4.69, 9.17) is 15.2 Å². The molecule has 28 heavy (non-hydrogen) atoms. The quantitative estimate of drug-likeness (QED) is 0.540. The summed E-state index contributed by atoms with van der Waals surface area (Å²) in [6, 6.07) is 12.2. The molecule has 0 fully saturated rings. The van der Waals surface area contributed by atoms with Crippen LogP contribution in [0, 0.1) is 11.8 Å². The van der Waals surface area contributed by atoms with Gasteiger partial charge >= 0.3 is 0 Å². The fourth-order valence-electron chi connectivity index (χ4n) is 3.47. The Morgan fingerprint density at radius 3 is 2.04 bits per heavy atom. The molecule has 0 aliphatic heterocycles. The molecule has 0 radical (unpaired) electrons. The summed E-state index contributed by atoms with van der Waals surface area (Å²) >= 11 is 0. The lowest BCUT2D eigenvalue weighted by molar-refractivity contribution is 0.308. The Labute approximate surface area is 171 Å². The molecule has 0 unspecified atom stereocenters. The Hall–Kier alpha value is -2.00. The van der Waals surface area contributed by atoms with Gasteiger partial charge in [0.05, 0.1) is 6.61 Å². The average molecular weight is 384 g/mol. The zero-order valence-electron chi connectivity index (χ0n) is 18.6. The predicted molar refractivity (Wildman–Crippen MR) is 118 cm³/mol. The molecule has 154 valence electrons. The van der Waals surface area contributed by atoms with Gasteiger partial charge in [-0.2, -0.15) is 0 Å². The Morgan fingerprint density at radius 2 is 1.54 bits per heavy atom. The van der Waals surface area contributed by atoms with Crippen LogP contribution < -0.4 is 15.2 Å². The third kappa shape index (κ3) is 5.75. The maximum atomic E-state index is 6.57. The number of rotatable bonds is 9. The molecular weight excluding hydrogens is 346 g/mol. The summed E-state index contributed by atoms with van der Waals surface area (Å²) < 4.78 is 12.6. The number of hydrogen-bond acceptors (Lipinski definition) is 3. The van der Waals surface area contributed by atoms with Gasteiger partial charge in [0.25, 0.3) is 0 Å². The van der Waals surface area contributed by atoms with Crippen LogP contribution in [0.5, 0.6) is 17.2 Å². The van der Waals surface area contributed by atoms with Gasteiger partial charge in [-0.3, -0.25) is 0 Å². The second-order valence-corrected chi connectivity index (χ2v) is 8.99. The zero-order chi connectivity index (χ0) is 20.9. The Kier molecular flexibility index (Phi) is 7.54. The molecule has 0 aromatic heterocycles. The molecule has 2 rings (SSSR count). The van der Waals surface area contributed by atoms with Crippen molar-refractivity contribution in [3.05, 3.63) is 53.1 Å². The van der Waals surface area contributed by atoms with Crippen molar-refractivity contribution >= 4 is 0 Å². The highest BCUT2D eigenvalue weighted by atomic mass is 16.5. The molecule has 0 bridgehead atoms. The van der Waals surface area contributed by atoms with Crippen molar-refractivity contribution in [1.82, 2.24) is 0 Å². The first-order valence-corrected chi connectivity index (χ1v) is 10.5. The number of para-hydroxylation sites is 1. The average Bonchev–Trinajstić information content (AvgIpc) is 2.59. The van der Waals surface area contributed by atoms with Crippen LogP contribution >= 0.6 is 0 Å². The summed E-state index contributed by atoms with van der Waals surface area (Å²) in [7, 11) is 0. The zero-order valence-corrected chi connectivity index (χ0v) is 18.6. The summed E-state index contributed by atoms with van der Waals surface area (Å²) in [6.45, 7) is 15.6. The van der Waals surface area contributed by atoms with Crippen LogP contribution in [0.4, 0.5) is 0 Å². The summed E-state index contributed by atoms with van der Waals surface area (Å²) in [5.41, 5.74) is 9.59. The van der Waals surface area contributed by atoms with E-state index in [1.54, 1.807) is 0 Å². The van der Waals surface area contributed by atoms with E-state index in [-0.39, 0.29) is 0 Å². The molecule has 0 spiro atoms. The summed E-state index contributed by atoms with van der Waals surface area (Å²) in [6.07, 6.45) is 1.93. The number of ether oxygens (including phenoxy) is 2. The minimum absolute atomic E-state index is 0.509. The highest BCUT2D eigenvalue weighted by Gasteiger charge is 2.28. The van der Waals surface area contributed by atoms with E-state index in [0.717, 1.165) is 35.7 Å². The standard InChI is InChI=1S/C25H37NO2/c1-8-27-24-22(25(6,7)26)16-19(14-17(2)3)21(15-18(4)5)23(24)28-20-12-10-9-11-13-20/h9-13,16-18H,8,14-15,26H2,1-7H3. The van der Waals surface area contributed by atoms with Gasteiger partial charge in [-0.1, -0.05) is 45.9 Å². The van der Waals surface area contributed by atoms with E-state index in [9.17, 15) is 0 Å². The van der Waals surface area contributed by atoms with Crippen molar-refractivity contribution in [2.45, 2.75) is 66.8 Å². The smallest absolute Gasteiger partial charge is 0.173 e. The van der Waals surface area contributed by atoms with Crippen molar-refractivity contribution in [3.8, 4) is 17.2 Å². The van der Waals surface area contributed by atoms with Crippen LogP contribution in [-0.2, 0) is 18.4 Å². The molecule has 0 heterocycles. The monoisotopic (exact) mass is 383 g/mol. The second-order valence-electron chi connectivity index (χ2n) is 8.99. The van der Waals surface area contributed by atoms with Gasteiger partial charge in [-0.05, 0) is 69.2 Å². The van der Waals surface area contributed by atoms with Crippen LogP contribution in [-0.4, -0.2) is 6.61 Å². The molecular formula is C25H37NO2. The lowest BCUT2D eigenvalue weighted by Crippen LogP contribution is -2.30. The van der Waals surface area contributed by atoms with Gasteiger partial charge in [-0.15, -0.1) is 0 Å². The number of benzene rings is 2. The predicted octanol–water partition coefficient (Wildman–Crippen LogP) is 6.47. The molecule has 0 aliphatic carbocycles. The maximum Gasteiger partial charge on any atom is 0.173 e. The second kappa shape index (κ2) is 9.47. The van der Waals surface area contributed by atoms with E-state index >= 15 is 0 Å². The lowest BCUT2D eigenvalue weighted by Gasteiger charge is -2.29. The first-order valence-electron chi connectivity index (χ1n) is 10.5. The molecule has 0 amide bonds. The molecule has 2 aromatic rings. The third-order valence-electron chi connectivity index (χ3n) is 4.62. The minimum atomic E-state index is -0.526. The molecule has 2 N–H and O–H groups in total. The normalized spacial score (nSPS) is 11.9. The topological polar surface area (TPSA) is 44.5 Å². The van der Waals surface area contributed by atoms with Gasteiger partial charge in [0, 0.05) is 16.7 Å². The number of nitrogens with two attached hydrogens (primary N) is 1.